The molecule has 0 spiro atoms. The number of benzene rings is 1. The van der Waals surface area contributed by atoms with Crippen molar-refractivity contribution in [2.24, 2.45) is 0 Å². The second-order valence-electron chi connectivity index (χ2n) is 6.27. The first kappa shape index (κ1) is 17.8. The molecule has 0 fully saturated rings. The van der Waals surface area contributed by atoms with Gasteiger partial charge >= 0.3 is 0 Å². The van der Waals surface area contributed by atoms with E-state index in [-0.39, 0.29) is 5.91 Å². The SMILES string of the molecule is Nc1ncnc2c(C(=O)Nc3cccc4c3c(Br)nn4Cc3ccco3)csc12. The summed E-state index contributed by atoms with van der Waals surface area (Å²) >= 11 is 4.86. The van der Waals surface area contributed by atoms with Crippen molar-refractivity contribution in [2.45, 2.75) is 6.54 Å². The van der Waals surface area contributed by atoms with Crippen molar-refractivity contribution in [1.29, 1.82) is 0 Å². The number of rotatable bonds is 4. The Bertz CT molecular complexity index is 1360. The van der Waals surface area contributed by atoms with Crippen molar-refractivity contribution in [3.05, 3.63) is 64.2 Å². The quantitative estimate of drug-likeness (QED) is 0.407. The van der Waals surface area contributed by atoms with Crippen molar-refractivity contribution >= 4 is 65.8 Å². The van der Waals surface area contributed by atoms with E-state index in [2.05, 4.69) is 36.3 Å². The van der Waals surface area contributed by atoms with Gasteiger partial charge in [0.1, 0.15) is 22.5 Å². The summed E-state index contributed by atoms with van der Waals surface area (Å²) in [4.78, 5) is 21.1. The minimum absolute atomic E-state index is 0.271. The number of carbonyl (C=O) groups is 1. The average Bonchev–Trinajstić information content (AvgIpc) is 3.43. The van der Waals surface area contributed by atoms with E-state index in [0.717, 1.165) is 16.7 Å². The number of halogens is 1. The molecule has 0 aliphatic heterocycles. The summed E-state index contributed by atoms with van der Waals surface area (Å²) in [6, 6.07) is 9.38. The fourth-order valence-electron chi connectivity index (χ4n) is 3.18. The van der Waals surface area contributed by atoms with Crippen molar-refractivity contribution in [1.82, 2.24) is 19.7 Å². The second-order valence-corrected chi connectivity index (χ2v) is 7.90. The normalized spacial score (nSPS) is 11.3. The monoisotopic (exact) mass is 468 g/mol. The van der Waals surface area contributed by atoms with Gasteiger partial charge in [-0.25, -0.2) is 9.97 Å². The highest BCUT2D eigenvalue weighted by molar-refractivity contribution is 9.10. The first-order valence-corrected chi connectivity index (χ1v) is 10.3. The number of amides is 1. The van der Waals surface area contributed by atoms with Crippen molar-refractivity contribution in [2.75, 3.05) is 11.1 Å². The molecule has 144 valence electrons. The minimum Gasteiger partial charge on any atom is -0.467 e. The van der Waals surface area contributed by atoms with Gasteiger partial charge < -0.3 is 15.5 Å². The van der Waals surface area contributed by atoms with Gasteiger partial charge in [0, 0.05) is 5.38 Å². The number of nitrogens with one attached hydrogen (secondary N) is 1. The molecule has 0 unspecified atom stereocenters. The molecule has 0 radical (unpaired) electrons. The third kappa shape index (κ3) is 3.06. The van der Waals surface area contributed by atoms with Crippen molar-refractivity contribution in [3.63, 3.8) is 0 Å². The van der Waals surface area contributed by atoms with E-state index in [1.165, 1.54) is 17.7 Å². The van der Waals surface area contributed by atoms with E-state index in [4.69, 9.17) is 10.2 Å². The topological polar surface area (TPSA) is 112 Å². The minimum atomic E-state index is -0.271. The Hall–Kier alpha value is -3.24. The van der Waals surface area contributed by atoms with Crippen LogP contribution < -0.4 is 11.1 Å². The van der Waals surface area contributed by atoms with Gasteiger partial charge in [-0.1, -0.05) is 6.07 Å². The molecule has 4 heterocycles. The Labute approximate surface area is 176 Å². The van der Waals surface area contributed by atoms with Crippen LogP contribution in [0.15, 0.2) is 57.3 Å². The zero-order valence-electron chi connectivity index (χ0n) is 14.8. The van der Waals surface area contributed by atoms with Crippen LogP contribution in [0, 0.1) is 0 Å². The first-order valence-electron chi connectivity index (χ1n) is 8.58. The molecule has 0 atom stereocenters. The number of fused-ring (bicyclic) bond motifs is 2. The number of nitrogens with zero attached hydrogens (tertiary/aromatic N) is 4. The number of aromatic nitrogens is 4. The molecule has 1 amide bonds. The van der Waals surface area contributed by atoms with Crippen LogP contribution in [-0.2, 0) is 6.54 Å². The number of hydrogen-bond donors (Lipinski definition) is 2. The van der Waals surface area contributed by atoms with E-state index in [9.17, 15) is 4.79 Å². The number of furan rings is 1. The molecule has 8 nitrogen and oxygen atoms in total. The van der Waals surface area contributed by atoms with E-state index in [0.29, 0.717) is 38.4 Å². The Morgan fingerprint density at radius 2 is 2.17 bits per heavy atom. The molecule has 0 saturated heterocycles. The van der Waals surface area contributed by atoms with E-state index in [1.807, 2.05) is 35.0 Å². The molecular weight excluding hydrogens is 456 g/mol. The van der Waals surface area contributed by atoms with Crippen molar-refractivity contribution < 1.29 is 9.21 Å². The molecule has 3 N–H and O–H groups in total. The summed E-state index contributed by atoms with van der Waals surface area (Å²) in [5, 5.41) is 10.1. The summed E-state index contributed by atoms with van der Waals surface area (Å²) in [5.74, 6) is 0.883. The molecule has 10 heteroatoms. The third-order valence-electron chi connectivity index (χ3n) is 4.49. The average molecular weight is 469 g/mol. The summed E-state index contributed by atoms with van der Waals surface area (Å²) in [6.07, 6.45) is 2.99. The largest absolute Gasteiger partial charge is 0.467 e. The number of nitrogens with two attached hydrogens (primary N) is 1. The molecular formula is C19H13BrN6O2S. The van der Waals surface area contributed by atoms with Crippen LogP contribution >= 0.6 is 27.3 Å². The number of anilines is 2. The molecule has 0 bridgehead atoms. The lowest BCUT2D eigenvalue weighted by molar-refractivity contribution is 0.102. The van der Waals surface area contributed by atoms with Gasteiger partial charge in [-0.2, -0.15) is 5.10 Å². The highest BCUT2D eigenvalue weighted by Crippen LogP contribution is 2.33. The van der Waals surface area contributed by atoms with E-state index in [1.54, 1.807) is 11.6 Å². The number of thiophene rings is 1. The summed E-state index contributed by atoms with van der Waals surface area (Å²) < 4.78 is 8.58. The molecule has 5 aromatic rings. The van der Waals surface area contributed by atoms with Gasteiger partial charge in [-0.3, -0.25) is 9.48 Å². The smallest absolute Gasteiger partial charge is 0.258 e. The zero-order chi connectivity index (χ0) is 20.0. The highest BCUT2D eigenvalue weighted by Gasteiger charge is 2.19. The van der Waals surface area contributed by atoms with Gasteiger partial charge in [-0.15, -0.1) is 11.3 Å². The first-order chi connectivity index (χ1) is 14.1. The summed E-state index contributed by atoms with van der Waals surface area (Å²) in [7, 11) is 0. The number of carbonyl (C=O) groups excluding carboxylic acids is 1. The van der Waals surface area contributed by atoms with Crippen LogP contribution in [0.25, 0.3) is 21.1 Å². The van der Waals surface area contributed by atoms with Crippen LogP contribution in [-0.4, -0.2) is 25.7 Å². The molecule has 0 aliphatic carbocycles. The standard InChI is InChI=1S/C19H13BrN6O2S/c20-17-14-12(4-1-5-13(14)26(25-17)7-10-3-2-6-28-10)24-19(27)11-8-29-16-15(11)22-9-23-18(16)21/h1-6,8-9H,7H2,(H,24,27)(H2,21,22,23). The van der Waals surface area contributed by atoms with Gasteiger partial charge in [0.2, 0.25) is 0 Å². The molecule has 5 rings (SSSR count). The third-order valence-corrected chi connectivity index (χ3v) is 6.04. The number of hydrogen-bond acceptors (Lipinski definition) is 7. The fraction of sp³-hybridized carbons (Fsp3) is 0.0526. The van der Waals surface area contributed by atoms with Crippen LogP contribution in [0.5, 0.6) is 0 Å². The lowest BCUT2D eigenvalue weighted by Crippen LogP contribution is -2.12. The van der Waals surface area contributed by atoms with Crippen LogP contribution in [0.1, 0.15) is 16.1 Å². The molecule has 0 saturated carbocycles. The van der Waals surface area contributed by atoms with Gasteiger partial charge in [-0.05, 0) is 40.2 Å². The number of nitrogen functional groups attached to an aromatic ring is 1. The Morgan fingerprint density at radius 3 is 3.00 bits per heavy atom. The lowest BCUT2D eigenvalue weighted by Gasteiger charge is -2.07. The molecule has 1 aromatic carbocycles. The van der Waals surface area contributed by atoms with Crippen LogP contribution in [0.2, 0.25) is 0 Å². The second kappa shape index (κ2) is 6.98. The Kier molecular flexibility index (Phi) is 4.29. The molecule has 4 aromatic heterocycles. The van der Waals surface area contributed by atoms with E-state index < -0.39 is 0 Å². The Balaban J connectivity index is 1.52. The van der Waals surface area contributed by atoms with E-state index >= 15 is 0 Å². The maximum absolute atomic E-state index is 13.0. The van der Waals surface area contributed by atoms with Gasteiger partial charge in [0.25, 0.3) is 5.91 Å². The lowest BCUT2D eigenvalue weighted by atomic mass is 10.2. The van der Waals surface area contributed by atoms with Crippen molar-refractivity contribution in [3.8, 4) is 0 Å². The predicted molar refractivity (Wildman–Crippen MR) is 115 cm³/mol. The highest BCUT2D eigenvalue weighted by atomic mass is 79.9. The fourth-order valence-corrected chi connectivity index (χ4v) is 4.69. The predicted octanol–water partition coefficient (Wildman–Crippen LogP) is 4.28. The van der Waals surface area contributed by atoms with Crippen LogP contribution in [0.4, 0.5) is 11.5 Å². The zero-order valence-corrected chi connectivity index (χ0v) is 17.2. The van der Waals surface area contributed by atoms with Gasteiger partial charge in [0.05, 0.1) is 45.2 Å². The molecule has 0 aliphatic rings. The van der Waals surface area contributed by atoms with Crippen LogP contribution in [0.3, 0.4) is 0 Å². The van der Waals surface area contributed by atoms with Gasteiger partial charge in [0.15, 0.2) is 0 Å². The maximum atomic E-state index is 13.0. The summed E-state index contributed by atoms with van der Waals surface area (Å²) in [6.45, 7) is 0.484. The Morgan fingerprint density at radius 1 is 1.28 bits per heavy atom. The molecule has 29 heavy (non-hydrogen) atoms. The summed E-state index contributed by atoms with van der Waals surface area (Å²) in [5.41, 5.74) is 8.39. The maximum Gasteiger partial charge on any atom is 0.258 e.